The van der Waals surface area contributed by atoms with Crippen molar-refractivity contribution in [2.45, 2.75) is 6.92 Å². The van der Waals surface area contributed by atoms with E-state index in [2.05, 4.69) is 72.3 Å². The SMILES string of the molecule is C=C(C)/C=c1\c(=C)c2ccccc2n1-c1ccccc1. The van der Waals surface area contributed by atoms with Crippen LogP contribution in [0.15, 0.2) is 66.7 Å². The lowest BCUT2D eigenvalue weighted by Crippen LogP contribution is -2.27. The van der Waals surface area contributed by atoms with Crippen molar-refractivity contribution in [1.82, 2.24) is 4.57 Å². The van der Waals surface area contributed by atoms with E-state index in [0.29, 0.717) is 0 Å². The molecular weight excluding hydrogens is 242 g/mol. The van der Waals surface area contributed by atoms with Crippen LogP contribution in [-0.4, -0.2) is 4.57 Å². The summed E-state index contributed by atoms with van der Waals surface area (Å²) in [6.45, 7) is 10.3. The molecule has 2 aromatic carbocycles. The van der Waals surface area contributed by atoms with Crippen LogP contribution in [-0.2, 0) is 0 Å². The Hall–Kier alpha value is -2.54. The summed E-state index contributed by atoms with van der Waals surface area (Å²) >= 11 is 0. The molecule has 20 heavy (non-hydrogen) atoms. The second-order valence-corrected chi connectivity index (χ2v) is 5.04. The molecule has 1 nitrogen and oxygen atoms in total. The summed E-state index contributed by atoms with van der Waals surface area (Å²) < 4.78 is 2.24. The largest absolute Gasteiger partial charge is 0.309 e. The maximum Gasteiger partial charge on any atom is 0.0540 e. The number of hydrogen-bond donors (Lipinski definition) is 0. The number of benzene rings is 2. The van der Waals surface area contributed by atoms with Crippen LogP contribution in [0.25, 0.3) is 29.2 Å². The van der Waals surface area contributed by atoms with Crippen molar-refractivity contribution in [3.05, 3.63) is 77.3 Å². The van der Waals surface area contributed by atoms with Crippen LogP contribution < -0.4 is 10.6 Å². The average molecular weight is 259 g/mol. The standard InChI is InChI=1S/C19H17N/c1-14(2)13-19-15(3)17-11-7-8-12-18(17)20(19)16-9-5-4-6-10-16/h4-13H,1,3H2,2H3/b19-13+. The fraction of sp³-hybridized carbons (Fsp3) is 0.0526. The van der Waals surface area contributed by atoms with E-state index < -0.39 is 0 Å². The zero-order valence-electron chi connectivity index (χ0n) is 11.6. The molecule has 0 saturated carbocycles. The third-order valence-corrected chi connectivity index (χ3v) is 3.42. The van der Waals surface area contributed by atoms with Crippen LogP contribution >= 0.6 is 0 Å². The van der Waals surface area contributed by atoms with Gasteiger partial charge in [0.2, 0.25) is 0 Å². The van der Waals surface area contributed by atoms with E-state index in [1.807, 2.05) is 13.0 Å². The summed E-state index contributed by atoms with van der Waals surface area (Å²) in [5.41, 5.74) is 3.34. The molecule has 1 heteroatoms. The monoisotopic (exact) mass is 259 g/mol. The Kier molecular flexibility index (Phi) is 3.03. The van der Waals surface area contributed by atoms with Gasteiger partial charge in [0.15, 0.2) is 0 Å². The van der Waals surface area contributed by atoms with Gasteiger partial charge >= 0.3 is 0 Å². The van der Waals surface area contributed by atoms with Gasteiger partial charge in [-0.2, -0.15) is 0 Å². The summed E-state index contributed by atoms with van der Waals surface area (Å²) in [5.74, 6) is 0. The van der Waals surface area contributed by atoms with E-state index in [4.69, 9.17) is 0 Å². The highest BCUT2D eigenvalue weighted by atomic mass is 15.0. The molecule has 0 aliphatic carbocycles. The third kappa shape index (κ3) is 1.97. The summed E-state index contributed by atoms with van der Waals surface area (Å²) in [7, 11) is 0. The van der Waals surface area contributed by atoms with Crippen LogP contribution in [0.4, 0.5) is 0 Å². The van der Waals surface area contributed by atoms with Crippen molar-refractivity contribution in [2.24, 2.45) is 0 Å². The number of rotatable bonds is 2. The molecule has 0 radical (unpaired) electrons. The minimum atomic E-state index is 1.02. The van der Waals surface area contributed by atoms with Crippen molar-refractivity contribution in [3.63, 3.8) is 0 Å². The van der Waals surface area contributed by atoms with Gasteiger partial charge < -0.3 is 4.57 Å². The Morgan fingerprint density at radius 2 is 1.65 bits per heavy atom. The maximum absolute atomic E-state index is 4.25. The number of nitrogens with zero attached hydrogens (tertiary/aromatic N) is 1. The maximum atomic E-state index is 4.25. The number of fused-ring (bicyclic) bond motifs is 1. The summed E-state index contributed by atoms with van der Waals surface area (Å²) in [5, 5.41) is 3.33. The van der Waals surface area contributed by atoms with Gasteiger partial charge in [0, 0.05) is 16.3 Å². The Morgan fingerprint density at radius 3 is 2.35 bits per heavy atom. The number of hydrogen-bond acceptors (Lipinski definition) is 0. The molecule has 0 atom stereocenters. The highest BCUT2D eigenvalue weighted by Gasteiger charge is 2.07. The molecule has 0 bridgehead atoms. The lowest BCUT2D eigenvalue weighted by Gasteiger charge is -2.06. The first-order chi connectivity index (χ1) is 9.68. The Balaban J connectivity index is 2.52. The second kappa shape index (κ2) is 4.86. The normalized spacial score (nSPS) is 11.9. The van der Waals surface area contributed by atoms with Crippen LogP contribution in [0.1, 0.15) is 6.92 Å². The predicted molar refractivity (Wildman–Crippen MR) is 87.3 cm³/mol. The van der Waals surface area contributed by atoms with Crippen LogP contribution in [0.3, 0.4) is 0 Å². The van der Waals surface area contributed by atoms with Crippen LogP contribution in [0.5, 0.6) is 0 Å². The van der Waals surface area contributed by atoms with Crippen molar-refractivity contribution in [2.75, 3.05) is 0 Å². The van der Waals surface area contributed by atoms with Crippen molar-refractivity contribution < 1.29 is 0 Å². The summed E-state index contributed by atoms with van der Waals surface area (Å²) in [6.07, 6.45) is 2.09. The molecule has 3 rings (SSSR count). The van der Waals surface area contributed by atoms with Gasteiger partial charge in [0.25, 0.3) is 0 Å². The van der Waals surface area contributed by atoms with Crippen molar-refractivity contribution in [3.8, 4) is 5.69 Å². The molecule has 0 saturated heterocycles. The number of para-hydroxylation sites is 2. The zero-order valence-corrected chi connectivity index (χ0v) is 11.6. The first-order valence-corrected chi connectivity index (χ1v) is 6.69. The molecule has 0 unspecified atom stereocenters. The Labute approximate surface area is 118 Å². The minimum absolute atomic E-state index is 1.02. The van der Waals surface area contributed by atoms with E-state index >= 15 is 0 Å². The molecular formula is C19H17N. The van der Waals surface area contributed by atoms with E-state index in [9.17, 15) is 0 Å². The smallest absolute Gasteiger partial charge is 0.0540 e. The Morgan fingerprint density at radius 1 is 1.00 bits per heavy atom. The van der Waals surface area contributed by atoms with Crippen LogP contribution in [0, 0.1) is 0 Å². The molecule has 1 heterocycles. The van der Waals surface area contributed by atoms with Crippen molar-refractivity contribution >= 4 is 23.6 Å². The lowest BCUT2D eigenvalue weighted by molar-refractivity contribution is 1.07. The second-order valence-electron chi connectivity index (χ2n) is 5.04. The molecule has 98 valence electrons. The van der Waals surface area contributed by atoms with Gasteiger partial charge in [0.1, 0.15) is 0 Å². The van der Waals surface area contributed by atoms with E-state index in [-0.39, 0.29) is 0 Å². The van der Waals surface area contributed by atoms with Crippen LogP contribution in [0.2, 0.25) is 0 Å². The third-order valence-electron chi connectivity index (χ3n) is 3.42. The molecule has 0 amide bonds. The van der Waals surface area contributed by atoms with E-state index in [1.165, 1.54) is 10.9 Å². The summed E-state index contributed by atoms with van der Waals surface area (Å²) in [6, 6.07) is 18.7. The van der Waals surface area contributed by atoms with Gasteiger partial charge in [-0.25, -0.2) is 0 Å². The molecule has 0 fully saturated rings. The molecule has 1 aromatic heterocycles. The quantitative estimate of drug-likeness (QED) is 0.665. The molecule has 0 aliphatic heterocycles. The fourth-order valence-corrected chi connectivity index (χ4v) is 2.57. The van der Waals surface area contributed by atoms with Crippen molar-refractivity contribution in [1.29, 1.82) is 0 Å². The lowest BCUT2D eigenvalue weighted by atomic mass is 10.2. The van der Waals surface area contributed by atoms with E-state index in [1.54, 1.807) is 0 Å². The highest BCUT2D eigenvalue weighted by Crippen LogP contribution is 2.14. The highest BCUT2D eigenvalue weighted by molar-refractivity contribution is 5.83. The minimum Gasteiger partial charge on any atom is -0.309 e. The molecule has 0 aliphatic rings. The summed E-state index contributed by atoms with van der Waals surface area (Å²) in [4.78, 5) is 0. The van der Waals surface area contributed by atoms with E-state index in [0.717, 1.165) is 21.8 Å². The zero-order chi connectivity index (χ0) is 14.1. The molecule has 0 spiro atoms. The molecule has 3 aromatic rings. The van der Waals surface area contributed by atoms with Gasteiger partial charge in [-0.05, 0) is 31.2 Å². The first-order valence-electron chi connectivity index (χ1n) is 6.69. The topological polar surface area (TPSA) is 4.93 Å². The van der Waals surface area contributed by atoms with Gasteiger partial charge in [-0.3, -0.25) is 0 Å². The first kappa shape index (κ1) is 12.5. The average Bonchev–Trinajstić information content (AvgIpc) is 2.73. The number of aromatic nitrogens is 1. The van der Waals surface area contributed by atoms with Gasteiger partial charge in [-0.15, -0.1) is 0 Å². The Bertz CT molecular complexity index is 883. The number of allylic oxidation sites excluding steroid dienone is 1. The van der Waals surface area contributed by atoms with Gasteiger partial charge in [-0.1, -0.05) is 55.1 Å². The van der Waals surface area contributed by atoms with Gasteiger partial charge in [0.05, 0.1) is 10.9 Å². The predicted octanol–water partition coefficient (Wildman–Crippen LogP) is 3.40. The fourth-order valence-electron chi connectivity index (χ4n) is 2.57. The molecule has 0 N–H and O–H groups in total.